The minimum Gasteiger partial charge on any atom is -0.481 e. The molecule has 4 heterocycles. The van der Waals surface area contributed by atoms with Crippen molar-refractivity contribution >= 4 is 46.5 Å². The molecule has 2 saturated carbocycles. The van der Waals surface area contributed by atoms with Gasteiger partial charge in [-0.05, 0) is 55.7 Å². The Labute approximate surface area is 319 Å². The minimum atomic E-state index is -0.644. The van der Waals surface area contributed by atoms with Crippen molar-refractivity contribution in [1.82, 2.24) is 28.9 Å². The maximum atomic E-state index is 13.7. The molecule has 2 aliphatic carbocycles. The average molecular weight is 759 g/mol. The van der Waals surface area contributed by atoms with Crippen molar-refractivity contribution in [3.05, 3.63) is 86.4 Å². The Hall–Kier alpha value is -4.03. The van der Waals surface area contributed by atoms with Crippen LogP contribution in [-0.2, 0) is 51.2 Å². The Bertz CT molecular complexity index is 2150. The third-order valence-electron chi connectivity index (χ3n) is 12.5. The van der Waals surface area contributed by atoms with Gasteiger partial charge in [0.15, 0.2) is 11.6 Å². The summed E-state index contributed by atoms with van der Waals surface area (Å²) >= 11 is 14.0. The summed E-state index contributed by atoms with van der Waals surface area (Å²) in [6, 6.07) is 11.0. The molecule has 2 bridgehead atoms. The molecule has 53 heavy (non-hydrogen) atoms. The summed E-state index contributed by atoms with van der Waals surface area (Å²) in [5.41, 5.74) is 5.90. The van der Waals surface area contributed by atoms with E-state index < -0.39 is 11.4 Å². The molecule has 2 N–H and O–H groups in total. The highest BCUT2D eigenvalue weighted by Gasteiger charge is 2.58. The monoisotopic (exact) mass is 757 g/mol. The largest absolute Gasteiger partial charge is 0.481 e. The van der Waals surface area contributed by atoms with Crippen LogP contribution in [0.15, 0.2) is 36.4 Å². The van der Waals surface area contributed by atoms with Crippen LogP contribution in [0.3, 0.4) is 0 Å². The molecule has 278 valence electrons. The number of hydrogen-bond acceptors (Lipinski definition) is 7. The quantitative estimate of drug-likeness (QED) is 0.174. The third-order valence-corrected chi connectivity index (χ3v) is 13.4. The predicted octanol–water partition coefficient (Wildman–Crippen LogP) is 6.58. The predicted molar refractivity (Wildman–Crippen MR) is 204 cm³/mol. The van der Waals surface area contributed by atoms with Crippen LogP contribution in [0.25, 0.3) is 11.1 Å². The number of carbonyl (C=O) groups is 3. The molecule has 0 atom stereocenters. The van der Waals surface area contributed by atoms with Gasteiger partial charge in [-0.25, -0.2) is 9.97 Å². The van der Waals surface area contributed by atoms with Crippen molar-refractivity contribution in [3.63, 3.8) is 0 Å². The Morgan fingerprint density at radius 3 is 2.09 bits per heavy atom. The van der Waals surface area contributed by atoms with E-state index in [1.807, 2.05) is 53.6 Å². The van der Waals surface area contributed by atoms with Crippen LogP contribution in [0.1, 0.15) is 88.6 Å². The fraction of sp³-hybridized carbons (Fsp3) is 0.475. The summed E-state index contributed by atoms with van der Waals surface area (Å²) in [6.45, 7) is 7.11. The lowest BCUT2D eigenvalue weighted by Crippen LogP contribution is -2.39. The number of benzene rings is 2. The number of anilines is 1. The molecule has 8 rings (SSSR count). The first-order valence-electron chi connectivity index (χ1n) is 18.6. The van der Waals surface area contributed by atoms with Crippen LogP contribution in [0.5, 0.6) is 0 Å². The zero-order valence-corrected chi connectivity index (χ0v) is 32.0. The Kier molecular flexibility index (Phi) is 9.28. The van der Waals surface area contributed by atoms with Crippen molar-refractivity contribution < 1.29 is 19.5 Å². The number of rotatable bonds is 10. The van der Waals surface area contributed by atoms with E-state index in [0.717, 1.165) is 100 Å². The van der Waals surface area contributed by atoms with Crippen molar-refractivity contribution in [2.24, 2.45) is 24.9 Å². The smallest absolute Gasteiger partial charge is 0.309 e. The zero-order valence-electron chi connectivity index (χ0n) is 30.5. The summed E-state index contributed by atoms with van der Waals surface area (Å²) in [5, 5.41) is 13.6. The second kappa shape index (κ2) is 13.7. The second-order valence-corrected chi connectivity index (χ2v) is 16.4. The number of aromatic nitrogens is 4. The molecular weight excluding hydrogens is 713 g/mol. The second-order valence-electron chi connectivity index (χ2n) is 15.6. The topological polar surface area (TPSA) is 126 Å². The van der Waals surface area contributed by atoms with Crippen molar-refractivity contribution in [2.45, 2.75) is 71.4 Å². The molecule has 4 aliphatic rings. The number of carbonyl (C=O) groups excluding carboxylic acids is 2. The van der Waals surface area contributed by atoms with Gasteiger partial charge in [-0.2, -0.15) is 0 Å². The summed E-state index contributed by atoms with van der Waals surface area (Å²) in [7, 11) is 3.78. The molecule has 4 aromatic rings. The van der Waals surface area contributed by atoms with E-state index in [1.54, 1.807) is 6.07 Å². The molecule has 2 aromatic carbocycles. The number of nitrogens with zero attached hydrogens (tertiary/aromatic N) is 6. The number of imidazole rings is 2. The number of fused-ring (bicyclic) bond motifs is 4. The van der Waals surface area contributed by atoms with E-state index in [1.165, 1.54) is 0 Å². The highest BCUT2D eigenvalue weighted by molar-refractivity contribution is 6.39. The Morgan fingerprint density at radius 2 is 1.43 bits per heavy atom. The number of Topliss-reactive ketones (excluding diaryl/α,β-unsaturated/α-hetero) is 1. The summed E-state index contributed by atoms with van der Waals surface area (Å²) in [4.78, 5) is 53.6. The molecule has 2 aromatic heterocycles. The van der Waals surface area contributed by atoms with Gasteiger partial charge in [0.25, 0.3) is 5.91 Å². The number of aliphatic carboxylic acids is 1. The van der Waals surface area contributed by atoms with Gasteiger partial charge in [-0.3, -0.25) is 24.2 Å². The number of halogens is 2. The van der Waals surface area contributed by atoms with Gasteiger partial charge in [0.1, 0.15) is 0 Å². The van der Waals surface area contributed by atoms with Gasteiger partial charge >= 0.3 is 5.97 Å². The lowest BCUT2D eigenvalue weighted by atomic mass is 9.81. The average Bonchev–Trinajstić information content (AvgIpc) is 3.90. The standard InChI is InChI=1S/C40H45Cl2N7O4/c1-4-48-17-11-30-28(20-48)43-35(46(30)2)32(50)19-24-7-5-8-25(33(24)41)26-9-6-10-27(34(26)42)45-37(51)36-44-29-21-49(18-12-31(29)47(36)3)23-39-13-15-40(22-39,16-14-39)38(52)53/h5-10H,4,11-23H2,1-3H3,(H,45,51)(H,52,53). The molecule has 0 unspecified atom stereocenters. The zero-order chi connectivity index (χ0) is 37.2. The van der Waals surface area contributed by atoms with Crippen molar-refractivity contribution in [3.8, 4) is 11.1 Å². The van der Waals surface area contributed by atoms with Gasteiger partial charge in [-0.1, -0.05) is 60.5 Å². The summed E-state index contributed by atoms with van der Waals surface area (Å²) in [6.07, 6.45) is 5.92. The van der Waals surface area contributed by atoms with Gasteiger partial charge < -0.3 is 19.6 Å². The normalized spacial score (nSPS) is 22.5. The molecular formula is C40H45Cl2N7O4. The fourth-order valence-corrected chi connectivity index (χ4v) is 10.1. The number of carboxylic acids is 1. The van der Waals surface area contributed by atoms with Crippen molar-refractivity contribution in [2.75, 3.05) is 31.5 Å². The molecule has 1 amide bonds. The van der Waals surface area contributed by atoms with Crippen LogP contribution in [0.4, 0.5) is 5.69 Å². The molecule has 11 nitrogen and oxygen atoms in total. The molecule has 0 spiro atoms. The number of likely N-dealkylation sites (N-methyl/N-ethyl adjacent to an activating group) is 1. The first-order chi connectivity index (χ1) is 25.4. The SMILES string of the molecule is CCN1CCc2c(nc(C(=O)Cc3cccc(-c4cccc(NC(=O)c5nc6c(n5C)CCN(CC57CCC(C(=O)O)(CC5)C7)C6)c4Cl)c3Cl)n2C)C1. The number of amides is 1. The first kappa shape index (κ1) is 36.0. The van der Waals surface area contributed by atoms with Gasteiger partial charge in [0.05, 0.1) is 32.5 Å². The molecule has 2 aliphatic heterocycles. The number of nitrogens with one attached hydrogen (secondary N) is 1. The summed E-state index contributed by atoms with van der Waals surface area (Å²) in [5.74, 6) is -0.367. The van der Waals surface area contributed by atoms with Gasteiger partial charge in [0.2, 0.25) is 5.78 Å². The summed E-state index contributed by atoms with van der Waals surface area (Å²) < 4.78 is 3.80. The van der Waals surface area contributed by atoms with Crippen LogP contribution in [0, 0.1) is 10.8 Å². The lowest BCUT2D eigenvalue weighted by molar-refractivity contribution is -0.148. The Morgan fingerprint density at radius 1 is 0.830 bits per heavy atom. The molecule has 2 fully saturated rings. The molecule has 0 saturated heterocycles. The van der Waals surface area contributed by atoms with E-state index in [2.05, 4.69) is 22.0 Å². The van der Waals surface area contributed by atoms with E-state index in [0.29, 0.717) is 50.6 Å². The molecule has 0 radical (unpaired) electrons. The number of hydrogen-bond donors (Lipinski definition) is 2. The van der Waals surface area contributed by atoms with Crippen LogP contribution in [-0.4, -0.2) is 77.8 Å². The van der Waals surface area contributed by atoms with Crippen molar-refractivity contribution in [1.29, 1.82) is 0 Å². The minimum absolute atomic E-state index is 0.0557. The molecule has 13 heteroatoms. The maximum absolute atomic E-state index is 13.7. The maximum Gasteiger partial charge on any atom is 0.309 e. The number of ketones is 1. The highest BCUT2D eigenvalue weighted by atomic mass is 35.5. The van der Waals surface area contributed by atoms with E-state index >= 15 is 0 Å². The Balaban J connectivity index is 0.969. The van der Waals surface area contributed by atoms with E-state index in [9.17, 15) is 19.5 Å². The van der Waals surface area contributed by atoms with Gasteiger partial charge in [0, 0.05) is 88.6 Å². The van der Waals surface area contributed by atoms with Crippen LogP contribution in [0.2, 0.25) is 10.0 Å². The van der Waals surface area contributed by atoms with E-state index in [-0.39, 0.29) is 23.5 Å². The van der Waals surface area contributed by atoms with Crippen LogP contribution < -0.4 is 5.32 Å². The fourth-order valence-electron chi connectivity index (χ4n) is 9.52. The van der Waals surface area contributed by atoms with Gasteiger partial charge in [-0.15, -0.1) is 0 Å². The first-order valence-corrected chi connectivity index (χ1v) is 19.3. The number of carboxylic acid groups (broad SMARTS) is 1. The highest BCUT2D eigenvalue weighted by Crippen LogP contribution is 2.62. The lowest BCUT2D eigenvalue weighted by Gasteiger charge is -2.35. The van der Waals surface area contributed by atoms with Crippen LogP contribution >= 0.6 is 23.2 Å². The third kappa shape index (κ3) is 6.29. The van der Waals surface area contributed by atoms with E-state index in [4.69, 9.17) is 33.2 Å².